The van der Waals surface area contributed by atoms with Gasteiger partial charge in [-0.25, -0.2) is 4.79 Å². The van der Waals surface area contributed by atoms with Crippen LogP contribution in [0, 0.1) is 0 Å². The number of amides is 1. The summed E-state index contributed by atoms with van der Waals surface area (Å²) in [5.74, 6) is -1.39. The molecule has 0 saturated carbocycles. The third-order valence-corrected chi connectivity index (χ3v) is 2.94. The summed E-state index contributed by atoms with van der Waals surface area (Å²) < 4.78 is 9.98. The first-order chi connectivity index (χ1) is 11.0. The Balaban J connectivity index is 2.46. The Hall–Kier alpha value is -2.57. The van der Waals surface area contributed by atoms with Crippen molar-refractivity contribution >= 4 is 18.0 Å². The molecule has 0 bridgehead atoms. The van der Waals surface area contributed by atoms with Gasteiger partial charge in [0.2, 0.25) is 0 Å². The number of carboxylic acids is 1. The first kappa shape index (κ1) is 18.5. The Morgan fingerprint density at radius 1 is 1.09 bits per heavy atom. The number of esters is 1. The molecule has 1 rings (SSSR count). The van der Waals surface area contributed by atoms with Crippen LogP contribution in [0.3, 0.4) is 0 Å². The number of hydrogen-bond acceptors (Lipinski definition) is 5. The number of nitrogens with zero attached hydrogens (tertiary/aromatic N) is 1. The molecule has 0 heterocycles. The van der Waals surface area contributed by atoms with E-state index in [9.17, 15) is 14.4 Å². The van der Waals surface area contributed by atoms with Gasteiger partial charge in [-0.05, 0) is 12.0 Å². The lowest BCUT2D eigenvalue weighted by atomic mass is 10.2. The van der Waals surface area contributed by atoms with Gasteiger partial charge in [-0.2, -0.15) is 0 Å². The number of rotatable bonds is 9. The van der Waals surface area contributed by atoms with E-state index in [0.29, 0.717) is 6.42 Å². The summed E-state index contributed by atoms with van der Waals surface area (Å²) >= 11 is 0. The average Bonchev–Trinajstić information content (AvgIpc) is 2.52. The molecule has 1 aromatic carbocycles. The zero-order valence-electron chi connectivity index (χ0n) is 13.1. The molecule has 7 heteroatoms. The highest BCUT2D eigenvalue weighted by molar-refractivity contribution is 5.70. The van der Waals surface area contributed by atoms with Crippen LogP contribution in [-0.4, -0.2) is 47.7 Å². The van der Waals surface area contributed by atoms with Crippen LogP contribution in [0.25, 0.3) is 0 Å². The molecular formula is C16H21NO6. The van der Waals surface area contributed by atoms with E-state index in [-0.39, 0.29) is 32.7 Å². The largest absolute Gasteiger partial charge is 0.481 e. The van der Waals surface area contributed by atoms with Gasteiger partial charge in [0.1, 0.15) is 6.61 Å². The number of carbonyl (C=O) groups is 3. The molecule has 0 radical (unpaired) electrons. The third kappa shape index (κ3) is 8.45. The number of ether oxygens (including phenoxy) is 2. The monoisotopic (exact) mass is 323 g/mol. The Bertz CT molecular complexity index is 517. The maximum absolute atomic E-state index is 12.1. The van der Waals surface area contributed by atoms with Crippen LogP contribution in [0.4, 0.5) is 4.79 Å². The molecule has 0 aliphatic heterocycles. The topological polar surface area (TPSA) is 93.1 Å². The Labute approximate surface area is 134 Å². The Morgan fingerprint density at radius 3 is 2.39 bits per heavy atom. The SMILES string of the molecule is CC(=O)OCCCN(CCC(=O)O)C(=O)OCc1ccccc1. The minimum absolute atomic E-state index is 0.0447. The van der Waals surface area contributed by atoms with Gasteiger partial charge in [0, 0.05) is 20.0 Å². The summed E-state index contributed by atoms with van der Waals surface area (Å²) in [7, 11) is 0. The standard InChI is InChI=1S/C16H21NO6/c1-13(18)22-11-5-9-17(10-8-15(19)20)16(21)23-12-14-6-3-2-4-7-14/h2-4,6-7H,5,8-12H2,1H3,(H,19,20). The fourth-order valence-electron chi connectivity index (χ4n) is 1.81. The van der Waals surface area contributed by atoms with Gasteiger partial charge in [-0.3, -0.25) is 9.59 Å². The molecule has 23 heavy (non-hydrogen) atoms. The molecule has 0 aromatic heterocycles. The van der Waals surface area contributed by atoms with Gasteiger partial charge in [0.25, 0.3) is 0 Å². The molecule has 0 spiro atoms. The highest BCUT2D eigenvalue weighted by atomic mass is 16.6. The zero-order valence-corrected chi connectivity index (χ0v) is 13.1. The van der Waals surface area contributed by atoms with E-state index in [1.807, 2.05) is 30.3 Å². The van der Waals surface area contributed by atoms with Crippen molar-refractivity contribution in [1.29, 1.82) is 0 Å². The van der Waals surface area contributed by atoms with E-state index in [2.05, 4.69) is 0 Å². The van der Waals surface area contributed by atoms with Crippen molar-refractivity contribution in [2.45, 2.75) is 26.4 Å². The quantitative estimate of drug-likeness (QED) is 0.552. The van der Waals surface area contributed by atoms with E-state index in [0.717, 1.165) is 5.56 Å². The summed E-state index contributed by atoms with van der Waals surface area (Å²) in [6.45, 7) is 1.89. The van der Waals surface area contributed by atoms with Crippen LogP contribution in [0.15, 0.2) is 30.3 Å². The Morgan fingerprint density at radius 2 is 1.78 bits per heavy atom. The second kappa shape index (κ2) is 10.2. The number of aliphatic carboxylic acids is 1. The molecule has 1 aromatic rings. The van der Waals surface area contributed by atoms with Crippen LogP contribution >= 0.6 is 0 Å². The minimum atomic E-state index is -0.995. The maximum Gasteiger partial charge on any atom is 0.410 e. The van der Waals surface area contributed by atoms with Crippen molar-refractivity contribution < 1.29 is 29.0 Å². The number of hydrogen-bond donors (Lipinski definition) is 1. The molecule has 0 aliphatic carbocycles. The van der Waals surface area contributed by atoms with Crippen molar-refractivity contribution in [3.8, 4) is 0 Å². The summed E-state index contributed by atoms with van der Waals surface area (Å²) in [6.07, 6.45) is -0.342. The lowest BCUT2D eigenvalue weighted by molar-refractivity contribution is -0.141. The third-order valence-electron chi connectivity index (χ3n) is 2.94. The second-order valence-electron chi connectivity index (χ2n) is 4.86. The van der Waals surface area contributed by atoms with Crippen LogP contribution < -0.4 is 0 Å². The van der Waals surface area contributed by atoms with E-state index in [4.69, 9.17) is 14.6 Å². The summed E-state index contributed by atoms with van der Waals surface area (Å²) in [5.41, 5.74) is 0.846. The summed E-state index contributed by atoms with van der Waals surface area (Å²) in [6, 6.07) is 9.19. The molecule has 0 atom stereocenters. The van der Waals surface area contributed by atoms with Crippen LogP contribution in [0.2, 0.25) is 0 Å². The van der Waals surface area contributed by atoms with Gasteiger partial charge in [0.05, 0.1) is 13.0 Å². The highest BCUT2D eigenvalue weighted by Gasteiger charge is 2.16. The molecule has 0 unspecified atom stereocenters. The first-order valence-corrected chi connectivity index (χ1v) is 7.30. The van der Waals surface area contributed by atoms with Gasteiger partial charge >= 0.3 is 18.0 Å². The van der Waals surface area contributed by atoms with Crippen LogP contribution in [-0.2, 0) is 25.7 Å². The van der Waals surface area contributed by atoms with Crippen molar-refractivity contribution in [3.05, 3.63) is 35.9 Å². The molecule has 126 valence electrons. The summed E-state index contributed by atoms with van der Waals surface area (Å²) in [5, 5.41) is 8.75. The van der Waals surface area contributed by atoms with Crippen LogP contribution in [0.1, 0.15) is 25.3 Å². The van der Waals surface area contributed by atoms with Crippen molar-refractivity contribution in [2.24, 2.45) is 0 Å². The number of carboxylic acid groups (broad SMARTS) is 1. The van der Waals surface area contributed by atoms with Gasteiger partial charge in [0.15, 0.2) is 0 Å². The molecule has 0 fully saturated rings. The van der Waals surface area contributed by atoms with Crippen molar-refractivity contribution in [3.63, 3.8) is 0 Å². The first-order valence-electron chi connectivity index (χ1n) is 7.30. The lowest BCUT2D eigenvalue weighted by Gasteiger charge is -2.21. The zero-order chi connectivity index (χ0) is 17.1. The average molecular weight is 323 g/mol. The van der Waals surface area contributed by atoms with E-state index >= 15 is 0 Å². The molecule has 1 amide bonds. The molecular weight excluding hydrogens is 302 g/mol. The van der Waals surface area contributed by atoms with Crippen molar-refractivity contribution in [2.75, 3.05) is 19.7 Å². The Kier molecular flexibility index (Phi) is 8.20. The summed E-state index contributed by atoms with van der Waals surface area (Å²) in [4.78, 5) is 34.7. The van der Waals surface area contributed by atoms with Crippen LogP contribution in [0.5, 0.6) is 0 Å². The van der Waals surface area contributed by atoms with E-state index in [1.165, 1.54) is 11.8 Å². The molecule has 0 saturated heterocycles. The van der Waals surface area contributed by atoms with Gasteiger partial charge in [-0.15, -0.1) is 0 Å². The van der Waals surface area contributed by atoms with E-state index < -0.39 is 18.0 Å². The fraction of sp³-hybridized carbons (Fsp3) is 0.438. The second-order valence-corrected chi connectivity index (χ2v) is 4.86. The molecule has 7 nitrogen and oxygen atoms in total. The predicted molar refractivity (Wildman–Crippen MR) is 81.7 cm³/mol. The maximum atomic E-state index is 12.1. The van der Waals surface area contributed by atoms with E-state index in [1.54, 1.807) is 0 Å². The van der Waals surface area contributed by atoms with Crippen molar-refractivity contribution in [1.82, 2.24) is 4.90 Å². The normalized spacial score (nSPS) is 9.96. The number of carbonyl (C=O) groups excluding carboxylic acids is 2. The molecule has 1 N–H and O–H groups in total. The number of benzene rings is 1. The van der Waals surface area contributed by atoms with Gasteiger partial charge < -0.3 is 19.5 Å². The predicted octanol–water partition coefficient (Wildman–Crippen LogP) is 2.05. The molecule has 0 aliphatic rings. The highest BCUT2D eigenvalue weighted by Crippen LogP contribution is 2.05. The minimum Gasteiger partial charge on any atom is -0.481 e. The fourth-order valence-corrected chi connectivity index (χ4v) is 1.81. The smallest absolute Gasteiger partial charge is 0.410 e. The van der Waals surface area contributed by atoms with Gasteiger partial charge in [-0.1, -0.05) is 30.3 Å². The lowest BCUT2D eigenvalue weighted by Crippen LogP contribution is -2.35.